The minimum absolute atomic E-state index is 0.0104. The molecule has 3 N–H and O–H groups in total. The number of aromatic nitrogens is 4. The number of amides is 1. The molecule has 0 aliphatic carbocycles. The molecule has 0 aliphatic rings. The van der Waals surface area contributed by atoms with E-state index in [9.17, 15) is 9.59 Å². The number of H-pyrrole nitrogens is 1. The molecule has 2 aromatic heterocycles. The van der Waals surface area contributed by atoms with Crippen molar-refractivity contribution in [2.24, 2.45) is 5.73 Å². The summed E-state index contributed by atoms with van der Waals surface area (Å²) in [6.07, 6.45) is 2.36. The van der Waals surface area contributed by atoms with Gasteiger partial charge in [-0.05, 0) is 18.6 Å². The average Bonchev–Trinajstić information content (AvgIpc) is 3.00. The van der Waals surface area contributed by atoms with Gasteiger partial charge in [-0.3, -0.25) is 4.79 Å². The number of hydrogen-bond donors (Lipinski definition) is 2. The van der Waals surface area contributed by atoms with Crippen molar-refractivity contribution in [3.63, 3.8) is 0 Å². The van der Waals surface area contributed by atoms with Gasteiger partial charge in [-0.1, -0.05) is 19.4 Å². The van der Waals surface area contributed by atoms with Crippen LogP contribution in [0, 0.1) is 0 Å². The number of ether oxygens (including phenoxy) is 2. The van der Waals surface area contributed by atoms with Crippen LogP contribution in [0.4, 0.5) is 0 Å². The molecule has 0 spiro atoms. The zero-order valence-electron chi connectivity index (χ0n) is 15.4. The lowest BCUT2D eigenvalue weighted by Crippen LogP contribution is -2.17. The topological polar surface area (TPSA) is 125 Å². The number of primary amides is 1. The predicted octanol–water partition coefficient (Wildman–Crippen LogP) is 1.57. The van der Waals surface area contributed by atoms with E-state index in [1.165, 1.54) is 18.8 Å². The number of unbranched alkanes of at least 4 members (excludes halogenated alkanes) is 1. The van der Waals surface area contributed by atoms with Crippen LogP contribution in [-0.2, 0) is 6.42 Å². The van der Waals surface area contributed by atoms with Crippen molar-refractivity contribution in [3.8, 4) is 17.2 Å². The molecule has 0 bridgehead atoms. The highest BCUT2D eigenvalue weighted by atomic mass is 16.5. The second-order valence-corrected chi connectivity index (χ2v) is 5.93. The van der Waals surface area contributed by atoms with Gasteiger partial charge in [0.05, 0.1) is 19.9 Å². The van der Waals surface area contributed by atoms with E-state index in [2.05, 4.69) is 15.0 Å². The number of carbonyl (C=O) groups excluding carboxylic acids is 1. The van der Waals surface area contributed by atoms with E-state index in [0.717, 1.165) is 12.8 Å². The van der Waals surface area contributed by atoms with E-state index in [4.69, 9.17) is 15.2 Å². The van der Waals surface area contributed by atoms with E-state index in [1.807, 2.05) is 6.92 Å². The molecule has 1 amide bonds. The Morgan fingerprint density at radius 2 is 2.04 bits per heavy atom. The summed E-state index contributed by atoms with van der Waals surface area (Å²) < 4.78 is 12.1. The number of methoxy groups -OCH3 is 2. The zero-order valence-corrected chi connectivity index (χ0v) is 15.4. The highest BCUT2D eigenvalue weighted by molar-refractivity contribution is 6.01. The maximum atomic E-state index is 12.7. The highest BCUT2D eigenvalue weighted by Crippen LogP contribution is 2.34. The molecule has 3 aromatic rings. The summed E-state index contributed by atoms with van der Waals surface area (Å²) >= 11 is 0. The van der Waals surface area contributed by atoms with Gasteiger partial charge in [0.1, 0.15) is 11.3 Å². The number of aryl methyl sites for hydroxylation is 1. The number of para-hydroxylation sites is 1. The molecule has 9 nitrogen and oxygen atoms in total. The van der Waals surface area contributed by atoms with Gasteiger partial charge in [0.2, 0.25) is 0 Å². The number of hydrogen-bond acceptors (Lipinski definition) is 6. The summed E-state index contributed by atoms with van der Waals surface area (Å²) in [6, 6.07) is 5.16. The lowest BCUT2D eigenvalue weighted by molar-refractivity contribution is 0.0996. The Hall–Kier alpha value is -3.36. The number of nitrogens with two attached hydrogens (primary N) is 1. The molecule has 27 heavy (non-hydrogen) atoms. The van der Waals surface area contributed by atoms with Crippen LogP contribution in [0.2, 0.25) is 0 Å². The Bertz CT molecular complexity index is 1050. The fraction of sp³-hybridized carbons (Fsp3) is 0.333. The Balaban J connectivity index is 2.35. The number of rotatable bonds is 7. The van der Waals surface area contributed by atoms with Gasteiger partial charge >= 0.3 is 5.69 Å². The molecule has 0 saturated carbocycles. The van der Waals surface area contributed by atoms with Crippen LogP contribution in [-0.4, -0.2) is 39.6 Å². The van der Waals surface area contributed by atoms with Gasteiger partial charge < -0.3 is 20.2 Å². The van der Waals surface area contributed by atoms with Crippen LogP contribution in [0.1, 0.15) is 36.1 Å². The quantitative estimate of drug-likeness (QED) is 0.649. The van der Waals surface area contributed by atoms with Crippen molar-refractivity contribution in [1.29, 1.82) is 0 Å². The number of fused-ring (bicyclic) bond motifs is 1. The molecule has 0 fully saturated rings. The molecule has 0 aliphatic heterocycles. The fourth-order valence-corrected chi connectivity index (χ4v) is 2.92. The molecule has 9 heteroatoms. The van der Waals surface area contributed by atoms with Gasteiger partial charge in [-0.15, -0.1) is 0 Å². The summed E-state index contributed by atoms with van der Waals surface area (Å²) in [5.41, 5.74) is 5.87. The average molecular weight is 371 g/mol. The molecule has 0 unspecified atom stereocenters. The third-order valence-corrected chi connectivity index (χ3v) is 4.19. The molecule has 1 aromatic carbocycles. The predicted molar refractivity (Wildman–Crippen MR) is 99.7 cm³/mol. The maximum Gasteiger partial charge on any atom is 0.332 e. The second-order valence-electron chi connectivity index (χ2n) is 5.93. The normalized spacial score (nSPS) is 10.9. The molecular weight excluding hydrogens is 350 g/mol. The van der Waals surface area contributed by atoms with Gasteiger partial charge in [-0.25, -0.2) is 19.3 Å². The molecule has 2 heterocycles. The van der Waals surface area contributed by atoms with E-state index in [1.54, 1.807) is 18.2 Å². The fourth-order valence-electron chi connectivity index (χ4n) is 2.92. The molecule has 0 radical (unpaired) electrons. The monoisotopic (exact) mass is 371 g/mol. The summed E-state index contributed by atoms with van der Waals surface area (Å²) in [4.78, 5) is 35.9. The van der Waals surface area contributed by atoms with Gasteiger partial charge in [-0.2, -0.15) is 0 Å². The molecule has 0 saturated heterocycles. The van der Waals surface area contributed by atoms with Crippen molar-refractivity contribution < 1.29 is 14.3 Å². The SMILES string of the molecule is CCCCc1nc(C(N)=O)c2[nH]c(=O)n(-c3cccc(OC)c3OC)c2n1. The van der Waals surface area contributed by atoms with Crippen LogP contribution >= 0.6 is 0 Å². The van der Waals surface area contributed by atoms with Crippen molar-refractivity contribution in [3.05, 3.63) is 40.2 Å². The van der Waals surface area contributed by atoms with Crippen LogP contribution in [0.25, 0.3) is 16.9 Å². The van der Waals surface area contributed by atoms with Gasteiger partial charge in [0, 0.05) is 6.42 Å². The third kappa shape index (κ3) is 3.23. The van der Waals surface area contributed by atoms with E-state index < -0.39 is 11.6 Å². The number of carbonyl (C=O) groups is 1. The van der Waals surface area contributed by atoms with E-state index in [-0.39, 0.29) is 16.9 Å². The number of benzene rings is 1. The Kier molecular flexibility index (Phi) is 5.11. The third-order valence-electron chi connectivity index (χ3n) is 4.19. The Morgan fingerprint density at radius 1 is 1.26 bits per heavy atom. The van der Waals surface area contributed by atoms with Crippen molar-refractivity contribution in [2.75, 3.05) is 14.2 Å². The summed E-state index contributed by atoms with van der Waals surface area (Å²) in [5, 5.41) is 0. The summed E-state index contributed by atoms with van der Waals surface area (Å²) in [5.74, 6) is 0.558. The van der Waals surface area contributed by atoms with Crippen LogP contribution in [0.5, 0.6) is 11.5 Å². The second kappa shape index (κ2) is 7.48. The minimum atomic E-state index is -0.730. The minimum Gasteiger partial charge on any atom is -0.493 e. The molecular formula is C18H21N5O4. The van der Waals surface area contributed by atoms with Gasteiger partial charge in [0.15, 0.2) is 22.8 Å². The standard InChI is InChI=1S/C18H21N5O4/c1-4-5-9-12-20-13(16(19)24)14-17(21-12)23(18(25)22-14)10-7-6-8-11(26-2)15(10)27-3/h6-8H,4-5,9H2,1-3H3,(H2,19,24)(H,22,25). The number of nitrogens with zero attached hydrogens (tertiary/aromatic N) is 3. The molecule has 3 rings (SSSR count). The summed E-state index contributed by atoms with van der Waals surface area (Å²) in [6.45, 7) is 2.04. The highest BCUT2D eigenvalue weighted by Gasteiger charge is 2.22. The van der Waals surface area contributed by atoms with Crippen molar-refractivity contribution in [1.82, 2.24) is 19.5 Å². The van der Waals surface area contributed by atoms with Crippen molar-refractivity contribution in [2.45, 2.75) is 26.2 Å². The first-order valence-corrected chi connectivity index (χ1v) is 8.54. The van der Waals surface area contributed by atoms with E-state index in [0.29, 0.717) is 29.4 Å². The van der Waals surface area contributed by atoms with Gasteiger partial charge in [0.25, 0.3) is 5.91 Å². The maximum absolute atomic E-state index is 12.7. The Morgan fingerprint density at radius 3 is 2.67 bits per heavy atom. The lowest BCUT2D eigenvalue weighted by Gasteiger charge is -2.13. The molecule has 0 atom stereocenters. The van der Waals surface area contributed by atoms with Crippen LogP contribution < -0.4 is 20.9 Å². The zero-order chi connectivity index (χ0) is 19.6. The van der Waals surface area contributed by atoms with E-state index >= 15 is 0 Å². The first-order valence-electron chi connectivity index (χ1n) is 8.54. The van der Waals surface area contributed by atoms with Crippen LogP contribution in [0.15, 0.2) is 23.0 Å². The summed E-state index contributed by atoms with van der Waals surface area (Å²) in [7, 11) is 2.99. The smallest absolute Gasteiger partial charge is 0.332 e. The largest absolute Gasteiger partial charge is 0.493 e. The Labute approximate surface area is 155 Å². The first kappa shape index (κ1) is 18.4. The number of aromatic amines is 1. The number of nitrogens with one attached hydrogen (secondary N) is 1. The van der Waals surface area contributed by atoms with Crippen LogP contribution in [0.3, 0.4) is 0 Å². The molecule has 142 valence electrons. The first-order chi connectivity index (χ1) is 13.0. The number of imidazole rings is 1. The lowest BCUT2D eigenvalue weighted by atomic mass is 10.2. The van der Waals surface area contributed by atoms with Crippen molar-refractivity contribution >= 4 is 17.1 Å².